The van der Waals surface area contributed by atoms with Gasteiger partial charge in [0.1, 0.15) is 30.2 Å². The normalized spacial score (nSPS) is 22.4. The number of nitriles is 1. The van der Waals surface area contributed by atoms with Gasteiger partial charge in [0, 0.05) is 62.7 Å². The van der Waals surface area contributed by atoms with E-state index in [1.165, 1.54) is 25.6 Å². The van der Waals surface area contributed by atoms with Crippen LogP contribution < -0.4 is 16.0 Å². The van der Waals surface area contributed by atoms with Crippen molar-refractivity contribution in [2.24, 2.45) is 17.8 Å². The lowest BCUT2D eigenvalue weighted by molar-refractivity contribution is -0.166. The van der Waals surface area contributed by atoms with Crippen molar-refractivity contribution >= 4 is 72.5 Å². The first-order valence-electron chi connectivity index (χ1n) is 23.8. The largest absolute Gasteiger partial charge is 0.451 e. The van der Waals surface area contributed by atoms with Gasteiger partial charge < -0.3 is 39.6 Å². The van der Waals surface area contributed by atoms with Crippen LogP contribution in [0.2, 0.25) is 5.02 Å². The fraction of sp³-hybridized carbons (Fsp3) is 0.560. The number of aromatic nitrogens is 1. The molecule has 21 heteroatoms. The quantitative estimate of drug-likeness (QED) is 0.126. The third-order valence-corrected chi connectivity index (χ3v) is 15.0. The summed E-state index contributed by atoms with van der Waals surface area (Å²) in [6, 6.07) is 9.00. The number of carbonyl (C=O) groups excluding carboxylic acids is 7. The number of fused-ring (bicyclic) bond motifs is 1. The SMILES string of the molecule is CC(C)C[C@@H]1NC(=O)[Si](Cc2cn(Cc3ccc(Cl)cc3)c3ccccc23)N(C)C(=O)[C@H](CC(C)C)NC(=O)[C@H](CC(C)C)N(C)C(=O)[C@H](CC(F)(F)F)NC(=O)[C@@H](CCC#N)OC(=O)[C@H](C)N(C)C1=O. The minimum absolute atomic E-state index is 0.0231. The minimum Gasteiger partial charge on any atom is -0.451 e. The van der Waals surface area contributed by atoms with Crippen molar-refractivity contribution in [1.82, 2.24) is 34.9 Å². The summed E-state index contributed by atoms with van der Waals surface area (Å²) < 4.78 is 51.5. The molecule has 1 saturated heterocycles. The average Bonchev–Trinajstić information content (AvgIpc) is 3.64. The van der Waals surface area contributed by atoms with Crippen LogP contribution in [-0.2, 0) is 46.1 Å². The average molecular weight is 1030 g/mol. The van der Waals surface area contributed by atoms with E-state index in [4.69, 9.17) is 16.3 Å². The van der Waals surface area contributed by atoms with Crippen LogP contribution >= 0.6 is 11.6 Å². The fourth-order valence-corrected chi connectivity index (χ4v) is 10.7. The molecule has 1 fully saturated rings. The highest BCUT2D eigenvalue weighted by atomic mass is 35.5. The number of cyclic esters (lactones) is 1. The molecule has 1 aromatic heterocycles. The zero-order chi connectivity index (χ0) is 53.1. The predicted molar refractivity (Wildman–Crippen MR) is 263 cm³/mol. The molecule has 2 aromatic carbocycles. The van der Waals surface area contributed by atoms with Gasteiger partial charge in [0.2, 0.25) is 29.2 Å². The summed E-state index contributed by atoms with van der Waals surface area (Å²) in [6.45, 7) is 12.5. The molecule has 387 valence electrons. The first kappa shape index (κ1) is 57.6. The van der Waals surface area contributed by atoms with Crippen molar-refractivity contribution in [2.75, 3.05) is 21.1 Å². The van der Waals surface area contributed by atoms with Crippen LogP contribution in [0.3, 0.4) is 0 Å². The number of halogens is 4. The number of benzene rings is 2. The van der Waals surface area contributed by atoms with E-state index in [9.17, 15) is 42.4 Å². The van der Waals surface area contributed by atoms with Crippen LogP contribution in [0, 0.1) is 29.1 Å². The number of hydrogen-bond donors (Lipinski definition) is 3. The van der Waals surface area contributed by atoms with Gasteiger partial charge in [-0.3, -0.25) is 28.8 Å². The van der Waals surface area contributed by atoms with Crippen LogP contribution in [0.25, 0.3) is 10.9 Å². The van der Waals surface area contributed by atoms with Gasteiger partial charge in [0.15, 0.2) is 6.10 Å². The van der Waals surface area contributed by atoms with Crippen LogP contribution in [-0.4, -0.2) is 133 Å². The molecule has 6 atom stereocenters. The first-order valence-corrected chi connectivity index (χ1v) is 25.8. The molecular weight excluding hydrogens is 961 g/mol. The summed E-state index contributed by atoms with van der Waals surface area (Å²) in [5.41, 5.74) is 1.88. The van der Waals surface area contributed by atoms with Gasteiger partial charge >= 0.3 is 12.1 Å². The summed E-state index contributed by atoms with van der Waals surface area (Å²) in [5, 5.41) is 18.5. The number of rotatable bonds is 13. The van der Waals surface area contributed by atoms with Gasteiger partial charge in [0.25, 0.3) is 14.9 Å². The number of esters is 1. The predicted octanol–water partition coefficient (Wildman–Crippen LogP) is 6.50. The fourth-order valence-electron chi connectivity index (χ4n) is 8.43. The number of ether oxygens (including phenoxy) is 1. The van der Waals surface area contributed by atoms with Crippen molar-refractivity contribution in [3.05, 3.63) is 70.9 Å². The zero-order valence-corrected chi connectivity index (χ0v) is 43.8. The molecule has 1 aliphatic rings. The molecule has 0 bridgehead atoms. The molecule has 0 spiro atoms. The Balaban J connectivity index is 1.93. The zero-order valence-electron chi connectivity index (χ0n) is 42.1. The van der Waals surface area contributed by atoms with Crippen molar-refractivity contribution in [1.29, 1.82) is 5.26 Å². The highest BCUT2D eigenvalue weighted by molar-refractivity contribution is 6.88. The maximum Gasteiger partial charge on any atom is 0.391 e. The Hall–Kier alpha value is -5.94. The molecule has 3 N–H and O–H groups in total. The first-order chi connectivity index (χ1) is 33.2. The molecule has 16 nitrogen and oxygen atoms in total. The maximum atomic E-state index is 15.1. The maximum absolute atomic E-state index is 15.1. The Morgan fingerprint density at radius 3 is 1.90 bits per heavy atom. The summed E-state index contributed by atoms with van der Waals surface area (Å²) in [4.78, 5) is 103. The molecule has 3 aromatic rings. The number of likely N-dealkylation sites (N-methyl/N-ethyl adjacent to an activating group) is 3. The monoisotopic (exact) mass is 1030 g/mol. The third-order valence-electron chi connectivity index (χ3n) is 12.3. The third kappa shape index (κ3) is 16.0. The highest BCUT2D eigenvalue weighted by Gasteiger charge is 2.44. The van der Waals surface area contributed by atoms with E-state index in [2.05, 4.69) is 16.0 Å². The Bertz CT molecular complexity index is 2430. The van der Waals surface area contributed by atoms with E-state index in [0.29, 0.717) is 17.1 Å². The second-order valence-electron chi connectivity index (χ2n) is 19.5. The van der Waals surface area contributed by atoms with Gasteiger partial charge in [-0.25, -0.2) is 4.79 Å². The second-order valence-corrected chi connectivity index (χ2v) is 22.3. The van der Waals surface area contributed by atoms with Crippen LogP contribution in [0.1, 0.15) is 98.1 Å². The lowest BCUT2D eigenvalue weighted by Crippen LogP contribution is -2.62. The number of nitrogens with zero attached hydrogens (tertiary/aromatic N) is 5. The lowest BCUT2D eigenvalue weighted by Gasteiger charge is -2.35. The number of hydrogen-bond acceptors (Lipinski definition) is 9. The van der Waals surface area contributed by atoms with Gasteiger partial charge in [0.05, 0.1) is 12.5 Å². The van der Waals surface area contributed by atoms with E-state index < -0.39 is 105 Å². The van der Waals surface area contributed by atoms with Crippen molar-refractivity contribution < 1.29 is 51.5 Å². The smallest absolute Gasteiger partial charge is 0.391 e. The molecule has 0 aliphatic carbocycles. The van der Waals surface area contributed by atoms with Gasteiger partial charge in [-0.2, -0.15) is 18.4 Å². The van der Waals surface area contributed by atoms with E-state index in [1.807, 2.05) is 74.9 Å². The standard InChI is InChI=1S/C50H67ClF3N8O8Si/c1-29(2)22-37-45(65)59(8)32(7)48(68)70-42(16-13-21-55)44(64)57-39(25-50(52,53)54)46(66)60(9)41(24-31(5)6)43(63)56-38(23-30(3)4)47(67)61(10)71(49(69)58-37)28-34-27-62(40-15-12-11-14-36(34)40)26-33-17-19-35(51)20-18-33/h11-12,14-15,17-20,27,29-32,37-39,41-42H,13,16,22-26,28H2,1-10H3,(H,56,63)(H,57,64)(H,58,69)/t32-,37-,38-,39-,41-,42+/m0/s1. The minimum atomic E-state index is -5.02. The van der Waals surface area contributed by atoms with Gasteiger partial charge in [-0.1, -0.05) is 83.5 Å². The van der Waals surface area contributed by atoms with E-state index in [0.717, 1.165) is 33.3 Å². The number of amides is 6. The molecular formula is C50H67ClF3N8O8Si. The Morgan fingerprint density at radius 2 is 1.32 bits per heavy atom. The molecule has 2 heterocycles. The molecule has 4 rings (SSSR count). The summed E-state index contributed by atoms with van der Waals surface area (Å²) >= 11 is 6.18. The lowest BCUT2D eigenvalue weighted by atomic mass is 9.98. The summed E-state index contributed by atoms with van der Waals surface area (Å²) in [6.07, 6.45) is -7.65. The topological polar surface area (TPSA) is 203 Å². The van der Waals surface area contributed by atoms with E-state index >= 15 is 9.59 Å². The molecule has 1 aliphatic heterocycles. The number of nitrogens with one attached hydrogen (secondary N) is 3. The van der Waals surface area contributed by atoms with Crippen molar-refractivity contribution in [3.8, 4) is 6.07 Å². The molecule has 0 unspecified atom stereocenters. The van der Waals surface area contributed by atoms with Crippen LogP contribution in [0.4, 0.5) is 18.0 Å². The highest BCUT2D eigenvalue weighted by Crippen LogP contribution is 2.27. The Kier molecular flexibility index (Phi) is 20.7. The molecule has 6 amide bonds. The number of carbonyl (C=O) groups is 7. The van der Waals surface area contributed by atoms with Crippen LogP contribution in [0.5, 0.6) is 0 Å². The second kappa shape index (κ2) is 25.4. The van der Waals surface area contributed by atoms with Gasteiger partial charge in [-0.15, -0.1) is 0 Å². The van der Waals surface area contributed by atoms with E-state index in [-0.39, 0.29) is 49.5 Å². The number of para-hydroxylation sites is 1. The Labute approximate surface area is 420 Å². The van der Waals surface area contributed by atoms with Gasteiger partial charge in [-0.05, 0) is 79.3 Å². The van der Waals surface area contributed by atoms with Crippen molar-refractivity contribution in [2.45, 2.75) is 142 Å². The number of alkyl halides is 3. The molecule has 0 saturated carbocycles. The van der Waals surface area contributed by atoms with Crippen LogP contribution in [0.15, 0.2) is 54.7 Å². The Morgan fingerprint density at radius 1 is 0.761 bits per heavy atom. The molecule has 71 heavy (non-hydrogen) atoms. The van der Waals surface area contributed by atoms with Crippen molar-refractivity contribution in [3.63, 3.8) is 0 Å². The summed E-state index contributed by atoms with van der Waals surface area (Å²) in [5.74, 6) is -6.76. The van der Waals surface area contributed by atoms with E-state index in [1.54, 1.807) is 32.0 Å². The summed E-state index contributed by atoms with van der Waals surface area (Å²) in [7, 11) is 1.04. The molecule has 1 radical (unpaired) electrons.